The fourth-order valence-electron chi connectivity index (χ4n) is 2.02. The van der Waals surface area contributed by atoms with Crippen LogP contribution < -0.4 is 4.74 Å². The molecule has 0 fully saturated rings. The molecule has 1 aromatic carbocycles. The normalized spacial score (nSPS) is 13.7. The topological polar surface area (TPSA) is 52.6 Å². The van der Waals surface area contributed by atoms with Gasteiger partial charge in [0.25, 0.3) is 0 Å². The number of allylic oxidation sites excluding steroid dienone is 1. The molecule has 0 aliphatic heterocycles. The van der Waals surface area contributed by atoms with Crippen molar-refractivity contribution < 1.29 is 19.1 Å². The van der Waals surface area contributed by atoms with E-state index in [1.165, 1.54) is 13.2 Å². The fourth-order valence-corrected chi connectivity index (χ4v) is 2.02. The quantitative estimate of drug-likeness (QED) is 0.765. The maximum absolute atomic E-state index is 12.0. The molecule has 2 rings (SSSR count). The minimum Gasteiger partial charge on any atom is -0.496 e. The van der Waals surface area contributed by atoms with Crippen LogP contribution in [0.1, 0.15) is 22.8 Å². The lowest BCUT2D eigenvalue weighted by molar-refractivity contribution is -0.138. The van der Waals surface area contributed by atoms with Crippen LogP contribution in [0.25, 0.3) is 0 Å². The first-order chi connectivity index (χ1) is 8.67. The van der Waals surface area contributed by atoms with Crippen molar-refractivity contribution in [3.63, 3.8) is 0 Å². The highest BCUT2D eigenvalue weighted by atomic mass is 16.5. The molecule has 0 saturated heterocycles. The SMILES string of the molecule is CCOC(=O)C1=CC(=O)c2c(cccc2OC)C1. The van der Waals surface area contributed by atoms with Crippen molar-refractivity contribution in [3.8, 4) is 5.75 Å². The number of ketones is 1. The zero-order valence-corrected chi connectivity index (χ0v) is 10.4. The summed E-state index contributed by atoms with van der Waals surface area (Å²) < 4.78 is 10.1. The molecule has 0 bridgehead atoms. The van der Waals surface area contributed by atoms with E-state index >= 15 is 0 Å². The van der Waals surface area contributed by atoms with Gasteiger partial charge in [-0.05, 0) is 24.6 Å². The second-order valence-electron chi connectivity index (χ2n) is 3.93. The number of benzene rings is 1. The van der Waals surface area contributed by atoms with E-state index in [1.54, 1.807) is 19.1 Å². The third-order valence-electron chi connectivity index (χ3n) is 2.80. The van der Waals surface area contributed by atoms with E-state index in [4.69, 9.17) is 9.47 Å². The summed E-state index contributed by atoms with van der Waals surface area (Å²) >= 11 is 0. The number of methoxy groups -OCH3 is 1. The molecule has 1 aliphatic carbocycles. The summed E-state index contributed by atoms with van der Waals surface area (Å²) in [7, 11) is 1.52. The highest BCUT2D eigenvalue weighted by Crippen LogP contribution is 2.29. The molecule has 1 aliphatic rings. The Kier molecular flexibility index (Phi) is 3.46. The minimum atomic E-state index is -0.431. The molecule has 18 heavy (non-hydrogen) atoms. The fraction of sp³-hybridized carbons (Fsp3) is 0.286. The van der Waals surface area contributed by atoms with E-state index in [0.717, 1.165) is 5.56 Å². The van der Waals surface area contributed by atoms with Crippen molar-refractivity contribution in [1.29, 1.82) is 0 Å². The van der Waals surface area contributed by atoms with E-state index in [1.807, 2.05) is 6.07 Å². The summed E-state index contributed by atoms with van der Waals surface area (Å²) in [6, 6.07) is 5.36. The van der Waals surface area contributed by atoms with Crippen molar-refractivity contribution in [1.82, 2.24) is 0 Å². The molecule has 1 aromatic rings. The van der Waals surface area contributed by atoms with Gasteiger partial charge in [-0.3, -0.25) is 4.79 Å². The Hall–Kier alpha value is -2.10. The first kappa shape index (κ1) is 12.4. The first-order valence-electron chi connectivity index (χ1n) is 5.75. The molecule has 0 aromatic heterocycles. The van der Waals surface area contributed by atoms with Gasteiger partial charge in [-0.1, -0.05) is 12.1 Å². The highest BCUT2D eigenvalue weighted by molar-refractivity contribution is 6.13. The molecule has 0 N–H and O–H groups in total. The molecule has 4 nitrogen and oxygen atoms in total. The zero-order chi connectivity index (χ0) is 13.1. The smallest absolute Gasteiger partial charge is 0.334 e. The molecule has 0 saturated carbocycles. The Morgan fingerprint density at radius 2 is 2.17 bits per heavy atom. The first-order valence-corrected chi connectivity index (χ1v) is 5.75. The Balaban J connectivity index is 2.37. The number of hydrogen-bond donors (Lipinski definition) is 0. The summed E-state index contributed by atoms with van der Waals surface area (Å²) in [5, 5.41) is 0. The Bertz CT molecular complexity index is 529. The van der Waals surface area contributed by atoms with Crippen molar-refractivity contribution >= 4 is 11.8 Å². The van der Waals surface area contributed by atoms with Crippen LogP contribution in [0.2, 0.25) is 0 Å². The summed E-state index contributed by atoms with van der Waals surface area (Å²) in [6.45, 7) is 2.04. The predicted molar refractivity (Wildman–Crippen MR) is 65.7 cm³/mol. The van der Waals surface area contributed by atoms with Gasteiger partial charge >= 0.3 is 5.97 Å². The van der Waals surface area contributed by atoms with E-state index < -0.39 is 5.97 Å². The van der Waals surface area contributed by atoms with E-state index in [0.29, 0.717) is 29.9 Å². The largest absolute Gasteiger partial charge is 0.496 e. The van der Waals surface area contributed by atoms with Crippen LogP contribution in [-0.4, -0.2) is 25.5 Å². The second-order valence-corrected chi connectivity index (χ2v) is 3.93. The number of rotatable bonds is 3. The van der Waals surface area contributed by atoms with Crippen LogP contribution in [0.4, 0.5) is 0 Å². The van der Waals surface area contributed by atoms with Crippen LogP contribution in [0.15, 0.2) is 29.8 Å². The van der Waals surface area contributed by atoms with E-state index in [2.05, 4.69) is 0 Å². The summed E-state index contributed by atoms with van der Waals surface area (Å²) in [5.74, 6) is -0.104. The van der Waals surface area contributed by atoms with Crippen LogP contribution in [-0.2, 0) is 16.0 Å². The van der Waals surface area contributed by atoms with Crippen molar-refractivity contribution in [2.75, 3.05) is 13.7 Å². The van der Waals surface area contributed by atoms with Crippen LogP contribution in [0, 0.1) is 0 Å². The maximum Gasteiger partial charge on any atom is 0.334 e. The summed E-state index contributed by atoms with van der Waals surface area (Å²) in [6.07, 6.45) is 1.74. The third-order valence-corrected chi connectivity index (χ3v) is 2.80. The molecule has 0 amide bonds. The maximum atomic E-state index is 12.0. The summed E-state index contributed by atoms with van der Waals surface area (Å²) in [5.41, 5.74) is 1.72. The minimum absolute atomic E-state index is 0.211. The second kappa shape index (κ2) is 5.04. The van der Waals surface area contributed by atoms with Crippen molar-refractivity contribution in [2.45, 2.75) is 13.3 Å². The van der Waals surface area contributed by atoms with Crippen LogP contribution >= 0.6 is 0 Å². The average molecular weight is 246 g/mol. The number of ether oxygens (including phenoxy) is 2. The molecule has 0 atom stereocenters. The van der Waals surface area contributed by atoms with Gasteiger partial charge in [-0.2, -0.15) is 0 Å². The van der Waals surface area contributed by atoms with E-state index in [-0.39, 0.29) is 5.78 Å². The number of fused-ring (bicyclic) bond motifs is 1. The third kappa shape index (κ3) is 2.14. The lowest BCUT2D eigenvalue weighted by Crippen LogP contribution is -2.18. The number of carbonyl (C=O) groups excluding carboxylic acids is 2. The van der Waals surface area contributed by atoms with Gasteiger partial charge in [0, 0.05) is 12.0 Å². The van der Waals surface area contributed by atoms with Crippen molar-refractivity contribution in [3.05, 3.63) is 41.0 Å². The number of hydrogen-bond acceptors (Lipinski definition) is 4. The van der Waals surface area contributed by atoms with Crippen molar-refractivity contribution in [2.24, 2.45) is 0 Å². The highest BCUT2D eigenvalue weighted by Gasteiger charge is 2.25. The van der Waals surface area contributed by atoms with Gasteiger partial charge in [0.05, 0.1) is 19.3 Å². The number of carbonyl (C=O) groups is 2. The molecule has 0 spiro atoms. The number of esters is 1. The Morgan fingerprint density at radius 3 is 2.83 bits per heavy atom. The lowest BCUT2D eigenvalue weighted by atomic mass is 9.90. The molecular weight excluding hydrogens is 232 g/mol. The van der Waals surface area contributed by atoms with Gasteiger partial charge in [0.2, 0.25) is 0 Å². The average Bonchev–Trinajstić information content (AvgIpc) is 2.38. The Morgan fingerprint density at radius 1 is 1.39 bits per heavy atom. The van der Waals surface area contributed by atoms with Gasteiger partial charge in [0.15, 0.2) is 5.78 Å². The van der Waals surface area contributed by atoms with Crippen LogP contribution in [0.3, 0.4) is 0 Å². The zero-order valence-electron chi connectivity index (χ0n) is 10.4. The van der Waals surface area contributed by atoms with Gasteiger partial charge in [-0.25, -0.2) is 4.79 Å². The molecule has 0 heterocycles. The lowest BCUT2D eigenvalue weighted by Gasteiger charge is -2.17. The van der Waals surface area contributed by atoms with Gasteiger partial charge in [0.1, 0.15) is 5.75 Å². The summed E-state index contributed by atoms with van der Waals surface area (Å²) in [4.78, 5) is 23.7. The van der Waals surface area contributed by atoms with E-state index in [9.17, 15) is 9.59 Å². The molecular formula is C14H14O4. The van der Waals surface area contributed by atoms with Gasteiger partial charge < -0.3 is 9.47 Å². The molecule has 94 valence electrons. The predicted octanol–water partition coefficient (Wildman–Crippen LogP) is 1.92. The van der Waals surface area contributed by atoms with Gasteiger partial charge in [-0.15, -0.1) is 0 Å². The molecule has 4 heteroatoms. The monoisotopic (exact) mass is 246 g/mol. The van der Waals surface area contributed by atoms with Crippen LogP contribution in [0.5, 0.6) is 5.75 Å². The molecule has 0 unspecified atom stereocenters. The molecule has 0 radical (unpaired) electrons. The standard InChI is InChI=1S/C14H14O4/c1-3-18-14(16)10-7-9-5-4-6-12(17-2)13(9)11(15)8-10/h4-6,8H,3,7H2,1-2H3. The Labute approximate surface area is 105 Å².